The van der Waals surface area contributed by atoms with Gasteiger partial charge in [-0.15, -0.1) is 0 Å². The third kappa shape index (κ3) is 2.91. The zero-order chi connectivity index (χ0) is 22.0. The van der Waals surface area contributed by atoms with E-state index in [1.165, 1.54) is 10.9 Å². The molecule has 2 unspecified atom stereocenters. The third-order valence-corrected chi connectivity index (χ3v) is 5.17. The number of halogens is 2. The van der Waals surface area contributed by atoms with E-state index in [4.69, 9.17) is 31.9 Å². The smallest absolute Gasteiger partial charge is 0.348 e. The van der Waals surface area contributed by atoms with Crippen LogP contribution in [0.15, 0.2) is 6.33 Å². The lowest BCUT2D eigenvalue weighted by molar-refractivity contribution is -0.195. The Balaban J connectivity index is 1.56. The minimum absolute atomic E-state index is 0.0232. The highest BCUT2D eigenvalue weighted by atomic mass is 35.5. The van der Waals surface area contributed by atoms with E-state index in [0.717, 1.165) is 0 Å². The average Bonchev–Trinajstić information content (AvgIpc) is 2.94. The van der Waals surface area contributed by atoms with Crippen LogP contribution in [0.1, 0.15) is 12.6 Å². The Morgan fingerprint density at radius 1 is 1.30 bits per heavy atom. The van der Waals surface area contributed by atoms with Gasteiger partial charge in [0, 0.05) is 0 Å². The van der Waals surface area contributed by atoms with Gasteiger partial charge in [0.25, 0.3) is 5.60 Å². The summed E-state index contributed by atoms with van der Waals surface area (Å²) in [7, 11) is 0. The molecule has 160 valence electrons. The molecule has 5 N–H and O–H groups in total. The Morgan fingerprint density at radius 2 is 1.97 bits per heavy atom. The van der Waals surface area contributed by atoms with E-state index in [9.17, 15) is 24.6 Å². The molecule has 1 saturated carbocycles. The van der Waals surface area contributed by atoms with Crippen molar-refractivity contribution in [3.63, 3.8) is 0 Å². The van der Waals surface area contributed by atoms with Crippen molar-refractivity contribution in [1.29, 1.82) is 0 Å². The summed E-state index contributed by atoms with van der Waals surface area (Å²) in [4.78, 5) is 45.6. The van der Waals surface area contributed by atoms with E-state index in [1.807, 2.05) is 0 Å². The van der Waals surface area contributed by atoms with E-state index < -0.39 is 60.5 Å². The molecule has 3 heterocycles. The fourth-order valence-corrected chi connectivity index (χ4v) is 3.70. The summed E-state index contributed by atoms with van der Waals surface area (Å²) in [5.41, 5.74) is 2.90. The van der Waals surface area contributed by atoms with E-state index in [-0.39, 0.29) is 22.3 Å². The first kappa shape index (κ1) is 20.2. The molecule has 1 aliphatic carbocycles. The molecule has 2 aliphatic rings. The second-order valence-electron chi connectivity index (χ2n) is 6.81. The molecule has 0 spiro atoms. The number of carboxylic acids is 3. The van der Waals surface area contributed by atoms with Gasteiger partial charge in [-0.1, -0.05) is 0 Å². The van der Waals surface area contributed by atoms with Crippen molar-refractivity contribution in [2.75, 3.05) is 5.73 Å². The van der Waals surface area contributed by atoms with Crippen molar-refractivity contribution in [2.24, 2.45) is 5.92 Å². The van der Waals surface area contributed by atoms with Gasteiger partial charge in [0.05, 0.1) is 30.9 Å². The van der Waals surface area contributed by atoms with E-state index in [1.54, 1.807) is 0 Å². The summed E-state index contributed by atoms with van der Waals surface area (Å²) in [5, 5.41) is 27.2. The first-order valence-electron chi connectivity index (χ1n) is 8.38. The maximum absolute atomic E-state index is 15.0. The molecule has 15 heteroatoms. The van der Waals surface area contributed by atoms with Crippen molar-refractivity contribution < 1.29 is 43.6 Å². The second-order valence-corrected chi connectivity index (χ2v) is 7.14. The molecule has 13 nitrogen and oxygen atoms in total. The van der Waals surface area contributed by atoms with E-state index in [0.29, 0.717) is 0 Å². The largest absolute Gasteiger partial charge is 0.481 e. The van der Waals surface area contributed by atoms with Crippen LogP contribution in [0.3, 0.4) is 0 Å². The number of aromatic nitrogens is 4. The third-order valence-electron chi connectivity index (χ3n) is 5.00. The topological polar surface area (TPSA) is 200 Å². The van der Waals surface area contributed by atoms with Gasteiger partial charge in [-0.05, 0) is 11.6 Å². The van der Waals surface area contributed by atoms with Gasteiger partial charge in [-0.2, -0.15) is 9.97 Å². The predicted octanol–water partition coefficient (Wildman–Crippen LogP) is -0.305. The van der Waals surface area contributed by atoms with Crippen LogP contribution in [0.4, 0.5) is 10.2 Å². The van der Waals surface area contributed by atoms with E-state index >= 15 is 4.39 Å². The highest BCUT2D eigenvalue weighted by Gasteiger charge is 2.69. The highest BCUT2D eigenvalue weighted by Crippen LogP contribution is 2.54. The van der Waals surface area contributed by atoms with Gasteiger partial charge in [-0.3, -0.25) is 9.36 Å². The Bertz CT molecular complexity index is 1060. The molecule has 0 amide bonds. The minimum atomic E-state index is -3.07. The van der Waals surface area contributed by atoms with Gasteiger partial charge in [-0.25, -0.2) is 19.0 Å². The normalized spacial score (nSPS) is 27.7. The van der Waals surface area contributed by atoms with Crippen LogP contribution in [0.5, 0.6) is 0 Å². The standard InChI is InChI=1S/C15H13ClFN5O8/c16-14-20-9(18)6-10(21-14)22(2-19-6)11-5(17)4-7(29-11)8(4)30-15(12(25)26,13(27)28)1-3(23)24/h2,4-5,7-8,11H,1H2,(H,23,24)(H,25,26)(H,27,28)(H2,18,20,21)/t4?,5-,7-,8?,11+/m0/s1. The molecule has 1 saturated heterocycles. The lowest BCUT2D eigenvalue weighted by Gasteiger charge is -2.26. The molecule has 0 radical (unpaired) electrons. The Hall–Kier alpha value is -3.10. The number of aliphatic carboxylic acids is 3. The number of alkyl halides is 1. The van der Waals surface area contributed by atoms with Crippen molar-refractivity contribution in [2.45, 2.75) is 36.6 Å². The first-order valence-corrected chi connectivity index (χ1v) is 8.76. The lowest BCUT2D eigenvalue weighted by atomic mass is 10.00. The van der Waals surface area contributed by atoms with Crippen molar-refractivity contribution in [3.05, 3.63) is 11.6 Å². The van der Waals surface area contributed by atoms with E-state index in [2.05, 4.69) is 15.0 Å². The number of imidazole rings is 1. The van der Waals surface area contributed by atoms with Crippen LogP contribution in [-0.2, 0) is 23.9 Å². The fraction of sp³-hybridized carbons (Fsp3) is 0.467. The molecule has 5 atom stereocenters. The maximum Gasteiger partial charge on any atom is 0.348 e. The number of nitrogens with two attached hydrogens (primary N) is 1. The maximum atomic E-state index is 15.0. The SMILES string of the molecule is Nc1nc(Cl)nc2c1ncn2[C@@H]1O[C@@H]2C(OC(CC(=O)O)(C(=O)O)C(=O)O)C2[C@@H]1F. The Morgan fingerprint density at radius 3 is 2.50 bits per heavy atom. The summed E-state index contributed by atoms with van der Waals surface area (Å²) < 4.78 is 26.9. The quantitative estimate of drug-likeness (QED) is 0.320. The van der Waals surface area contributed by atoms with Crippen LogP contribution in [0.25, 0.3) is 11.2 Å². The number of nitrogen functional groups attached to an aromatic ring is 1. The molecular formula is C15H13ClFN5O8. The molecule has 4 rings (SSSR count). The van der Waals surface area contributed by atoms with Crippen LogP contribution in [-0.4, -0.2) is 76.7 Å². The Labute approximate surface area is 170 Å². The Kier molecular flexibility index (Phi) is 4.52. The predicted molar refractivity (Wildman–Crippen MR) is 92.2 cm³/mol. The molecule has 0 aromatic carbocycles. The zero-order valence-corrected chi connectivity index (χ0v) is 15.4. The molecule has 1 aliphatic heterocycles. The number of rotatable bonds is 7. The van der Waals surface area contributed by atoms with Gasteiger partial charge in [0.2, 0.25) is 5.28 Å². The summed E-state index contributed by atoms with van der Waals surface area (Å²) >= 11 is 5.77. The number of anilines is 1. The summed E-state index contributed by atoms with van der Waals surface area (Å²) in [6, 6.07) is 0. The molecule has 2 fully saturated rings. The minimum Gasteiger partial charge on any atom is -0.481 e. The second kappa shape index (κ2) is 6.72. The number of hydrogen-bond donors (Lipinski definition) is 4. The van der Waals surface area contributed by atoms with Gasteiger partial charge in [0.15, 0.2) is 23.9 Å². The number of carbonyl (C=O) groups is 3. The molecule has 0 bridgehead atoms. The number of ether oxygens (including phenoxy) is 2. The fourth-order valence-electron chi connectivity index (χ4n) is 3.53. The first-order chi connectivity index (χ1) is 14.1. The van der Waals surface area contributed by atoms with Gasteiger partial charge in [0.1, 0.15) is 5.52 Å². The zero-order valence-electron chi connectivity index (χ0n) is 14.7. The van der Waals surface area contributed by atoms with Crippen molar-refractivity contribution >= 4 is 46.5 Å². The summed E-state index contributed by atoms with van der Waals surface area (Å²) in [6.45, 7) is 0. The van der Waals surface area contributed by atoms with Crippen LogP contribution >= 0.6 is 11.6 Å². The molecule has 2 aromatic heterocycles. The van der Waals surface area contributed by atoms with Crippen LogP contribution in [0, 0.1) is 5.92 Å². The summed E-state index contributed by atoms with van der Waals surface area (Å²) in [6.07, 6.45) is -5.40. The molecular weight excluding hydrogens is 433 g/mol. The number of nitrogens with zero attached hydrogens (tertiary/aromatic N) is 4. The monoisotopic (exact) mass is 445 g/mol. The van der Waals surface area contributed by atoms with Gasteiger partial charge < -0.3 is 30.5 Å². The average molecular weight is 446 g/mol. The number of carboxylic acid groups (broad SMARTS) is 3. The van der Waals surface area contributed by atoms with Crippen molar-refractivity contribution in [3.8, 4) is 0 Å². The van der Waals surface area contributed by atoms with Crippen molar-refractivity contribution in [1.82, 2.24) is 19.5 Å². The highest BCUT2D eigenvalue weighted by molar-refractivity contribution is 6.28. The lowest BCUT2D eigenvalue weighted by Crippen LogP contribution is -2.52. The van der Waals surface area contributed by atoms with Crippen LogP contribution < -0.4 is 5.73 Å². The molecule has 30 heavy (non-hydrogen) atoms. The number of hydrogen-bond acceptors (Lipinski definition) is 9. The number of fused-ring (bicyclic) bond motifs is 2. The van der Waals surface area contributed by atoms with Crippen LogP contribution in [0.2, 0.25) is 5.28 Å². The van der Waals surface area contributed by atoms with Gasteiger partial charge >= 0.3 is 17.9 Å². The summed E-state index contributed by atoms with van der Waals surface area (Å²) in [5.74, 6) is -6.78. The molecule has 2 aromatic rings.